The van der Waals surface area contributed by atoms with E-state index in [-0.39, 0.29) is 28.5 Å². The summed E-state index contributed by atoms with van der Waals surface area (Å²) in [5.74, 6) is 0.744. The minimum atomic E-state index is -0.363. The molecule has 1 amide bonds. The smallest absolute Gasteiger partial charge is 0.248 e. The minimum Gasteiger partial charge on any atom is -0.494 e. The molecule has 2 N–H and O–H groups in total. The third-order valence-electron chi connectivity index (χ3n) is 5.40. The van der Waals surface area contributed by atoms with Crippen LogP contribution in [0.15, 0.2) is 63.8 Å². The van der Waals surface area contributed by atoms with Gasteiger partial charge in [-0.1, -0.05) is 50.8 Å². The number of amides is 1. The van der Waals surface area contributed by atoms with Gasteiger partial charge in [0.05, 0.1) is 17.7 Å². The molecule has 0 saturated heterocycles. The first kappa shape index (κ1) is 23.9. The average Bonchev–Trinajstić information content (AvgIpc) is 3.41. The van der Waals surface area contributed by atoms with Crippen LogP contribution in [-0.4, -0.2) is 33.1 Å². The van der Waals surface area contributed by atoms with E-state index in [1.807, 2.05) is 24.3 Å². The third-order valence-corrected chi connectivity index (χ3v) is 5.40. The molecule has 2 aromatic carbocycles. The summed E-state index contributed by atoms with van der Waals surface area (Å²) in [5, 5.41) is 16.6. The van der Waals surface area contributed by atoms with Gasteiger partial charge in [0.1, 0.15) is 5.75 Å². The molecule has 0 aliphatic rings. The van der Waals surface area contributed by atoms with Crippen LogP contribution in [0.2, 0.25) is 0 Å². The molecule has 0 aliphatic carbocycles. The highest BCUT2D eigenvalue weighted by atomic mass is 16.5. The Kier molecular flexibility index (Phi) is 8.00. The quantitative estimate of drug-likeness (QED) is 0.233. The predicted octanol–water partition coefficient (Wildman–Crippen LogP) is 4.97. The Labute approximate surface area is 202 Å². The summed E-state index contributed by atoms with van der Waals surface area (Å²) in [5.41, 5.74) is 1.18. The van der Waals surface area contributed by atoms with Crippen LogP contribution in [0.5, 0.6) is 5.75 Å². The van der Waals surface area contributed by atoms with Crippen LogP contribution >= 0.6 is 0 Å². The molecule has 4 aromatic rings. The first-order chi connectivity index (χ1) is 17.1. The van der Waals surface area contributed by atoms with Crippen molar-refractivity contribution < 1.29 is 13.9 Å². The van der Waals surface area contributed by atoms with Crippen molar-refractivity contribution in [2.45, 2.75) is 39.0 Å². The van der Waals surface area contributed by atoms with Crippen molar-refractivity contribution in [3.63, 3.8) is 0 Å². The second-order valence-corrected chi connectivity index (χ2v) is 8.05. The average molecular weight is 474 g/mol. The lowest BCUT2D eigenvalue weighted by atomic mass is 10.1. The number of rotatable bonds is 11. The number of nitrogens with zero attached hydrogens (tertiary/aromatic N) is 3. The van der Waals surface area contributed by atoms with Gasteiger partial charge >= 0.3 is 0 Å². The summed E-state index contributed by atoms with van der Waals surface area (Å²) in [6.45, 7) is 2.91. The zero-order valence-electron chi connectivity index (χ0n) is 19.5. The van der Waals surface area contributed by atoms with Crippen molar-refractivity contribution in [3.05, 3.63) is 70.4 Å². The van der Waals surface area contributed by atoms with Gasteiger partial charge in [-0.05, 0) is 47.5 Å². The van der Waals surface area contributed by atoms with E-state index in [1.54, 1.807) is 24.3 Å². The number of carbonyl (C=O) groups excluding carboxylic acids is 1. The van der Waals surface area contributed by atoms with E-state index in [9.17, 15) is 9.59 Å². The molecule has 4 rings (SSSR count). The molecule has 0 spiro atoms. The van der Waals surface area contributed by atoms with Gasteiger partial charge in [0.25, 0.3) is 0 Å². The van der Waals surface area contributed by atoms with Gasteiger partial charge in [-0.2, -0.15) is 5.21 Å². The maximum atomic E-state index is 12.6. The molecule has 9 heteroatoms. The van der Waals surface area contributed by atoms with Gasteiger partial charge in [-0.3, -0.25) is 9.59 Å². The number of para-hydroxylation sites is 1. The first-order valence-corrected chi connectivity index (χ1v) is 11.7. The lowest BCUT2D eigenvalue weighted by Crippen LogP contribution is -2.09. The van der Waals surface area contributed by atoms with Gasteiger partial charge < -0.3 is 14.5 Å². The molecular weight excluding hydrogens is 446 g/mol. The fraction of sp³-hybridized carbons (Fsp3) is 0.269. The zero-order chi connectivity index (χ0) is 24.5. The Morgan fingerprint density at radius 1 is 1.11 bits per heavy atom. The SMILES string of the molecule is CCCCCCCOc1ccc(/C=C/C(=O)Nc2cccc3c(=O)cc(-c4nn[nH]n4)oc23)cc1. The Balaban J connectivity index is 1.39. The molecule has 0 radical (unpaired) electrons. The molecule has 2 aromatic heterocycles. The van der Waals surface area contributed by atoms with Gasteiger partial charge in [0, 0.05) is 12.1 Å². The van der Waals surface area contributed by atoms with Crippen molar-refractivity contribution in [3.8, 4) is 17.3 Å². The lowest BCUT2D eigenvalue weighted by Gasteiger charge is -2.07. The summed E-state index contributed by atoms with van der Waals surface area (Å²) in [6.07, 6.45) is 9.10. The Morgan fingerprint density at radius 2 is 1.94 bits per heavy atom. The van der Waals surface area contributed by atoms with Crippen molar-refractivity contribution in [2.75, 3.05) is 11.9 Å². The number of fused-ring (bicyclic) bond motifs is 1. The molecule has 0 saturated carbocycles. The molecule has 0 aliphatic heterocycles. The lowest BCUT2D eigenvalue weighted by molar-refractivity contribution is -0.111. The van der Waals surface area contributed by atoms with E-state index in [0.29, 0.717) is 17.7 Å². The molecule has 35 heavy (non-hydrogen) atoms. The fourth-order valence-electron chi connectivity index (χ4n) is 3.57. The van der Waals surface area contributed by atoms with Crippen molar-refractivity contribution in [1.82, 2.24) is 20.6 Å². The molecule has 180 valence electrons. The Morgan fingerprint density at radius 3 is 2.71 bits per heavy atom. The maximum Gasteiger partial charge on any atom is 0.248 e. The van der Waals surface area contributed by atoms with E-state index >= 15 is 0 Å². The number of aromatic amines is 1. The summed E-state index contributed by atoms with van der Waals surface area (Å²) < 4.78 is 11.6. The largest absolute Gasteiger partial charge is 0.494 e. The van der Waals surface area contributed by atoms with Crippen LogP contribution < -0.4 is 15.5 Å². The molecule has 2 heterocycles. The molecule has 0 bridgehead atoms. The van der Waals surface area contributed by atoms with Crippen LogP contribution in [-0.2, 0) is 4.79 Å². The first-order valence-electron chi connectivity index (χ1n) is 11.7. The Hall–Kier alpha value is -4.27. The van der Waals surface area contributed by atoms with E-state index in [4.69, 9.17) is 9.15 Å². The molecular formula is C26H27N5O4. The molecule has 0 unspecified atom stereocenters. The second-order valence-electron chi connectivity index (χ2n) is 8.05. The number of carbonyl (C=O) groups is 1. The third kappa shape index (κ3) is 6.41. The second kappa shape index (κ2) is 11.7. The standard InChI is InChI=1S/C26H27N5O4/c1-2-3-4-5-6-16-34-19-13-10-18(11-14-19)12-15-24(33)27-21-9-7-8-20-22(32)17-23(35-25(20)21)26-28-30-31-29-26/h7-15,17H,2-6,16H2,1H3,(H,27,33)(H,28,29,30,31)/b15-12+. The highest BCUT2D eigenvalue weighted by molar-refractivity contribution is 6.06. The topological polar surface area (TPSA) is 123 Å². The number of unbranched alkanes of at least 4 members (excludes halogenated alkanes) is 4. The van der Waals surface area contributed by atoms with Crippen LogP contribution in [0, 0.1) is 0 Å². The van der Waals surface area contributed by atoms with Gasteiger partial charge in [-0.25, -0.2) is 0 Å². The van der Waals surface area contributed by atoms with Gasteiger partial charge in [0.15, 0.2) is 16.8 Å². The normalized spacial score (nSPS) is 11.2. The summed E-state index contributed by atoms with van der Waals surface area (Å²) in [7, 11) is 0. The van der Waals surface area contributed by atoms with E-state index in [1.165, 1.54) is 37.8 Å². The van der Waals surface area contributed by atoms with E-state index < -0.39 is 0 Å². The van der Waals surface area contributed by atoms with Gasteiger partial charge in [0.2, 0.25) is 11.7 Å². The van der Waals surface area contributed by atoms with Crippen LogP contribution in [0.25, 0.3) is 28.6 Å². The highest BCUT2D eigenvalue weighted by Gasteiger charge is 2.14. The number of benzene rings is 2. The monoisotopic (exact) mass is 473 g/mol. The van der Waals surface area contributed by atoms with E-state index in [0.717, 1.165) is 17.7 Å². The van der Waals surface area contributed by atoms with Crippen LogP contribution in [0.3, 0.4) is 0 Å². The Bertz CT molecular complexity index is 1340. The number of ether oxygens (including phenoxy) is 1. The van der Waals surface area contributed by atoms with Gasteiger partial charge in [-0.15, -0.1) is 10.2 Å². The highest BCUT2D eigenvalue weighted by Crippen LogP contribution is 2.25. The molecule has 0 atom stereocenters. The fourth-order valence-corrected chi connectivity index (χ4v) is 3.57. The minimum absolute atomic E-state index is 0.147. The summed E-state index contributed by atoms with van der Waals surface area (Å²) in [4.78, 5) is 25.1. The number of tetrazole rings is 1. The maximum absolute atomic E-state index is 12.6. The van der Waals surface area contributed by atoms with Crippen LogP contribution in [0.4, 0.5) is 5.69 Å². The number of aromatic nitrogens is 4. The molecule has 0 fully saturated rings. The predicted molar refractivity (Wildman–Crippen MR) is 134 cm³/mol. The number of H-pyrrole nitrogens is 1. The van der Waals surface area contributed by atoms with Crippen molar-refractivity contribution in [1.29, 1.82) is 0 Å². The number of hydrogen-bond donors (Lipinski definition) is 2. The van der Waals surface area contributed by atoms with Crippen molar-refractivity contribution >= 4 is 28.6 Å². The van der Waals surface area contributed by atoms with E-state index in [2.05, 4.69) is 32.9 Å². The van der Waals surface area contributed by atoms with Crippen LogP contribution in [0.1, 0.15) is 44.6 Å². The zero-order valence-corrected chi connectivity index (χ0v) is 19.5. The summed E-state index contributed by atoms with van der Waals surface area (Å²) in [6, 6.07) is 13.8. The molecule has 9 nitrogen and oxygen atoms in total. The summed E-state index contributed by atoms with van der Waals surface area (Å²) >= 11 is 0. The number of anilines is 1. The van der Waals surface area contributed by atoms with Crippen molar-refractivity contribution in [2.24, 2.45) is 0 Å². The number of hydrogen-bond acceptors (Lipinski definition) is 7. The number of nitrogens with one attached hydrogen (secondary N) is 2.